The first-order valence-electron chi connectivity index (χ1n) is 11.3. The highest BCUT2D eigenvalue weighted by atomic mass is 19.4. The summed E-state index contributed by atoms with van der Waals surface area (Å²) in [6.45, 7) is 11.0. The number of rotatable bonds is 1. The van der Waals surface area contributed by atoms with Crippen molar-refractivity contribution >= 4 is 24.3 Å². The van der Waals surface area contributed by atoms with E-state index in [1.807, 2.05) is 0 Å². The fourth-order valence-corrected chi connectivity index (χ4v) is 3.20. The lowest BCUT2D eigenvalue weighted by Gasteiger charge is -2.44. The molecule has 2 atom stereocenters. The lowest BCUT2D eigenvalue weighted by Crippen LogP contribution is -2.58. The Labute approximate surface area is 213 Å². The summed E-state index contributed by atoms with van der Waals surface area (Å²) in [4.78, 5) is 46.7. The smallest absolute Gasteiger partial charge is 0.465 e. The molecule has 0 unspecified atom stereocenters. The Hall–Kier alpha value is -3.51. The van der Waals surface area contributed by atoms with Crippen molar-refractivity contribution in [1.29, 1.82) is 0 Å². The van der Waals surface area contributed by atoms with E-state index in [1.165, 1.54) is 6.92 Å². The van der Waals surface area contributed by atoms with Gasteiger partial charge in [-0.3, -0.25) is 4.79 Å². The van der Waals surface area contributed by atoms with Gasteiger partial charge < -0.3 is 29.1 Å². The third kappa shape index (κ3) is 11.0. The number of ether oxygens (including phenoxy) is 3. The topological polar surface area (TPSA) is 123 Å². The predicted molar refractivity (Wildman–Crippen MR) is 125 cm³/mol. The molecule has 1 N–H and O–H groups in total. The molecule has 0 radical (unpaired) electrons. The molecule has 208 valence electrons. The average Bonchev–Trinajstić information content (AvgIpc) is 2.70. The van der Waals surface area contributed by atoms with E-state index in [9.17, 15) is 32.3 Å². The van der Waals surface area contributed by atoms with Crippen molar-refractivity contribution in [3.63, 3.8) is 0 Å². The largest absolute Gasteiger partial charge is 0.519 e. The minimum absolute atomic E-state index is 0.192. The summed E-state index contributed by atoms with van der Waals surface area (Å²) in [6.07, 6.45) is -8.32. The molecule has 1 aliphatic heterocycles. The first-order valence-corrected chi connectivity index (χ1v) is 11.3. The fourth-order valence-electron chi connectivity index (χ4n) is 3.20. The molecule has 0 spiro atoms. The lowest BCUT2D eigenvalue weighted by molar-refractivity contribution is -0.191. The molecule has 0 saturated carbocycles. The summed E-state index contributed by atoms with van der Waals surface area (Å²) >= 11 is 0. The number of nitrogens with zero attached hydrogens (tertiary/aromatic N) is 2. The van der Waals surface area contributed by atoms with Crippen LogP contribution in [0.1, 0.15) is 60.1 Å². The Bertz CT molecular complexity index is 929. The van der Waals surface area contributed by atoms with Crippen LogP contribution in [0.4, 0.5) is 27.6 Å². The van der Waals surface area contributed by atoms with Crippen LogP contribution in [0.3, 0.4) is 0 Å². The number of carbonyl (C=O) groups excluding carboxylic acids is 3. The average molecular weight is 535 g/mol. The van der Waals surface area contributed by atoms with E-state index < -0.39 is 53.8 Å². The normalized spacial score (nSPS) is 18.2. The van der Waals surface area contributed by atoms with Crippen molar-refractivity contribution in [1.82, 2.24) is 9.80 Å². The monoisotopic (exact) mass is 534 g/mol. The summed E-state index contributed by atoms with van der Waals surface area (Å²) in [5.74, 6) is -1.95. The number of carbonyl (C=O) groups is 4. The van der Waals surface area contributed by atoms with E-state index in [-0.39, 0.29) is 13.1 Å². The zero-order valence-corrected chi connectivity index (χ0v) is 21.8. The van der Waals surface area contributed by atoms with Gasteiger partial charge in [0, 0.05) is 19.1 Å². The van der Waals surface area contributed by atoms with Crippen molar-refractivity contribution in [2.24, 2.45) is 0 Å². The van der Waals surface area contributed by atoms with Crippen LogP contribution < -0.4 is 0 Å². The Morgan fingerprint density at radius 2 is 1.30 bits per heavy atom. The Morgan fingerprint density at radius 3 is 1.68 bits per heavy atom. The van der Waals surface area contributed by atoms with Gasteiger partial charge in [-0.15, -0.1) is 0 Å². The van der Waals surface area contributed by atoms with Crippen LogP contribution in [-0.2, 0) is 19.0 Å². The summed E-state index contributed by atoms with van der Waals surface area (Å²) < 4.78 is 52.2. The summed E-state index contributed by atoms with van der Waals surface area (Å²) in [6, 6.07) is 6.46. The molecule has 13 heteroatoms. The van der Waals surface area contributed by atoms with E-state index in [0.29, 0.717) is 10.5 Å². The number of amides is 2. The van der Waals surface area contributed by atoms with E-state index in [2.05, 4.69) is 4.74 Å². The Kier molecular flexibility index (Phi) is 10.4. The maximum Gasteiger partial charge on any atom is 0.519 e. The minimum Gasteiger partial charge on any atom is -0.465 e. The molecule has 2 amide bonds. The highest BCUT2D eigenvalue weighted by Gasteiger charge is 2.48. The van der Waals surface area contributed by atoms with Gasteiger partial charge in [-0.25, -0.2) is 14.4 Å². The molecule has 0 aliphatic carbocycles. The maximum atomic E-state index is 12.8. The molecular weight excluding hydrogens is 501 g/mol. The van der Waals surface area contributed by atoms with Crippen molar-refractivity contribution < 1.29 is 51.7 Å². The molecule has 1 heterocycles. The molecule has 1 aromatic rings. The van der Waals surface area contributed by atoms with Crippen molar-refractivity contribution in [2.75, 3.05) is 13.1 Å². The number of carboxylic acid groups (broad SMARTS) is 1. The summed E-state index contributed by atoms with van der Waals surface area (Å²) in [7, 11) is 0. The van der Waals surface area contributed by atoms with Gasteiger partial charge in [0.2, 0.25) is 0 Å². The molecule has 0 aromatic heterocycles. The van der Waals surface area contributed by atoms with Crippen LogP contribution in [0.5, 0.6) is 0 Å². The zero-order valence-electron chi connectivity index (χ0n) is 21.8. The number of piperazine rings is 1. The highest BCUT2D eigenvalue weighted by molar-refractivity contribution is 5.83. The zero-order chi connectivity index (χ0) is 28.8. The fraction of sp³-hybridized carbons (Fsp3) is 0.583. The van der Waals surface area contributed by atoms with Gasteiger partial charge >= 0.3 is 30.5 Å². The minimum atomic E-state index is -4.99. The molecule has 1 saturated heterocycles. The third-order valence-electron chi connectivity index (χ3n) is 4.62. The summed E-state index contributed by atoms with van der Waals surface area (Å²) in [5.41, 5.74) is -0.920. The Balaban J connectivity index is 0.000000401. The van der Waals surface area contributed by atoms with Gasteiger partial charge in [0.1, 0.15) is 11.2 Å². The van der Waals surface area contributed by atoms with E-state index in [4.69, 9.17) is 14.6 Å². The quantitative estimate of drug-likeness (QED) is 0.377. The first kappa shape index (κ1) is 31.5. The van der Waals surface area contributed by atoms with Crippen LogP contribution >= 0.6 is 0 Å². The molecule has 10 nitrogen and oxygen atoms in total. The van der Waals surface area contributed by atoms with Crippen molar-refractivity contribution in [3.05, 3.63) is 35.9 Å². The Morgan fingerprint density at radius 1 is 0.838 bits per heavy atom. The van der Waals surface area contributed by atoms with E-state index in [1.54, 1.807) is 71.9 Å². The van der Waals surface area contributed by atoms with Gasteiger partial charge in [-0.05, 0) is 54.0 Å². The third-order valence-corrected chi connectivity index (χ3v) is 4.62. The van der Waals surface area contributed by atoms with Crippen molar-refractivity contribution in [3.8, 4) is 0 Å². The number of halogens is 3. The summed E-state index contributed by atoms with van der Waals surface area (Å²) in [5, 5.41) is 9.16. The van der Waals surface area contributed by atoms with Gasteiger partial charge in [0.25, 0.3) is 0 Å². The molecular formula is C24H33F3N2O8. The molecule has 37 heavy (non-hydrogen) atoms. The predicted octanol–water partition coefficient (Wildman–Crippen LogP) is 5.37. The second kappa shape index (κ2) is 12.2. The second-order valence-corrected chi connectivity index (χ2v) is 10.2. The van der Waals surface area contributed by atoms with Gasteiger partial charge in [0.05, 0.1) is 6.04 Å². The molecule has 2 rings (SSSR count). The standard InChI is InChI=1S/C14H15F3N2O3.C10H18O5/c1-9-7-19(12(20)14(15,16)17)11(8-18(9)13(21)22)10-5-3-2-4-6-10;1-9(2,3)14-7(11)13-8(12)15-10(4,5)6/h2-6,9,11H,7-8H2,1H3,(H,21,22);1-6H3/t9-,11-;/m1./s1. The van der Waals surface area contributed by atoms with Crippen molar-refractivity contribution in [2.45, 2.75) is 77.9 Å². The number of alkyl halides is 3. The molecule has 0 bridgehead atoms. The van der Waals surface area contributed by atoms with Crippen LogP contribution in [0, 0.1) is 0 Å². The van der Waals surface area contributed by atoms with Gasteiger partial charge in [-0.2, -0.15) is 13.2 Å². The number of benzene rings is 1. The SMILES string of the molecule is CC(C)(C)OC(=O)OC(=O)OC(C)(C)C.C[C@@H]1CN(C(=O)C(F)(F)F)[C@@H](c2ccccc2)CN1C(=O)O. The first-order chi connectivity index (χ1) is 16.7. The second-order valence-electron chi connectivity index (χ2n) is 10.2. The van der Waals surface area contributed by atoms with Crippen LogP contribution in [0.25, 0.3) is 0 Å². The lowest BCUT2D eigenvalue weighted by atomic mass is 10.00. The van der Waals surface area contributed by atoms with Crippen LogP contribution in [0.2, 0.25) is 0 Å². The van der Waals surface area contributed by atoms with Crippen LogP contribution in [-0.4, -0.2) is 75.7 Å². The maximum absolute atomic E-state index is 12.8. The number of hydrogen-bond acceptors (Lipinski definition) is 7. The highest BCUT2D eigenvalue weighted by Crippen LogP contribution is 2.32. The van der Waals surface area contributed by atoms with E-state index in [0.717, 1.165) is 4.90 Å². The number of hydrogen-bond donors (Lipinski definition) is 1. The molecule has 1 aliphatic rings. The molecule has 1 aromatic carbocycles. The van der Waals surface area contributed by atoms with Gasteiger partial charge in [-0.1, -0.05) is 30.3 Å². The van der Waals surface area contributed by atoms with E-state index >= 15 is 0 Å². The van der Waals surface area contributed by atoms with Crippen LogP contribution in [0.15, 0.2) is 30.3 Å². The van der Waals surface area contributed by atoms with Gasteiger partial charge in [0.15, 0.2) is 0 Å². The molecule has 1 fully saturated rings.